The molecule has 2 amide bonds. The SMILES string of the molecule is O=C(CCCCCN1C(=O)/C(=C/c2ccccc2)SC1=S)N1CCCCCC1. The molecular formula is C22H28N2O2S2. The second-order valence-corrected chi connectivity index (χ2v) is 9.03. The summed E-state index contributed by atoms with van der Waals surface area (Å²) in [5.41, 5.74) is 1.01. The topological polar surface area (TPSA) is 40.6 Å². The van der Waals surface area contributed by atoms with Crippen LogP contribution in [0.2, 0.25) is 0 Å². The Morgan fingerprint density at radius 2 is 1.75 bits per heavy atom. The molecule has 3 rings (SSSR count). The van der Waals surface area contributed by atoms with Crippen LogP contribution in [0.5, 0.6) is 0 Å². The number of amides is 2. The van der Waals surface area contributed by atoms with E-state index in [-0.39, 0.29) is 5.91 Å². The number of thiocarbonyl (C=S) groups is 1. The fourth-order valence-electron chi connectivity index (χ4n) is 3.59. The standard InChI is InChI=1S/C22H28N2O2S2/c25-20(23-14-8-1-2-9-15-23)13-7-4-10-16-24-21(26)19(28-22(24)27)17-18-11-5-3-6-12-18/h3,5-6,11-12,17H,1-2,4,7-10,13-16H2/b19-17-. The van der Waals surface area contributed by atoms with E-state index in [9.17, 15) is 9.59 Å². The quantitative estimate of drug-likeness (QED) is 0.362. The Morgan fingerprint density at radius 3 is 2.46 bits per heavy atom. The molecule has 0 aromatic heterocycles. The van der Waals surface area contributed by atoms with Crippen molar-refractivity contribution in [3.63, 3.8) is 0 Å². The highest BCUT2D eigenvalue weighted by atomic mass is 32.2. The minimum absolute atomic E-state index is 0.000466. The van der Waals surface area contributed by atoms with Crippen LogP contribution in [0.1, 0.15) is 56.9 Å². The number of likely N-dealkylation sites (tertiary alicyclic amines) is 1. The van der Waals surface area contributed by atoms with Gasteiger partial charge in [0, 0.05) is 26.1 Å². The maximum absolute atomic E-state index is 12.6. The van der Waals surface area contributed by atoms with Gasteiger partial charge in [-0.2, -0.15) is 0 Å². The highest BCUT2D eigenvalue weighted by Crippen LogP contribution is 2.32. The van der Waals surface area contributed by atoms with Crippen molar-refractivity contribution in [1.82, 2.24) is 9.80 Å². The largest absolute Gasteiger partial charge is 0.343 e. The van der Waals surface area contributed by atoms with E-state index in [2.05, 4.69) is 0 Å². The molecule has 0 radical (unpaired) electrons. The third kappa shape index (κ3) is 5.92. The van der Waals surface area contributed by atoms with Crippen LogP contribution in [0, 0.1) is 0 Å². The minimum Gasteiger partial charge on any atom is -0.343 e. The van der Waals surface area contributed by atoms with Crippen molar-refractivity contribution in [1.29, 1.82) is 0 Å². The first-order valence-corrected chi connectivity index (χ1v) is 11.5. The van der Waals surface area contributed by atoms with Crippen LogP contribution >= 0.6 is 24.0 Å². The van der Waals surface area contributed by atoms with Crippen LogP contribution in [0.15, 0.2) is 35.2 Å². The highest BCUT2D eigenvalue weighted by molar-refractivity contribution is 8.26. The van der Waals surface area contributed by atoms with Crippen LogP contribution in [0.25, 0.3) is 6.08 Å². The molecule has 2 saturated heterocycles. The predicted molar refractivity (Wildman–Crippen MR) is 120 cm³/mol. The summed E-state index contributed by atoms with van der Waals surface area (Å²) in [5, 5.41) is 0. The first-order valence-electron chi connectivity index (χ1n) is 10.2. The third-order valence-corrected chi connectivity index (χ3v) is 6.58. The molecule has 2 aliphatic rings. The summed E-state index contributed by atoms with van der Waals surface area (Å²) < 4.78 is 0.632. The van der Waals surface area contributed by atoms with Crippen LogP contribution in [0.4, 0.5) is 0 Å². The van der Waals surface area contributed by atoms with Crippen molar-refractivity contribution in [2.75, 3.05) is 19.6 Å². The van der Waals surface area contributed by atoms with Gasteiger partial charge in [0.2, 0.25) is 5.91 Å². The average molecular weight is 417 g/mol. The van der Waals surface area contributed by atoms with Crippen molar-refractivity contribution in [3.05, 3.63) is 40.8 Å². The summed E-state index contributed by atoms with van der Waals surface area (Å²) in [5.74, 6) is 0.290. The Morgan fingerprint density at radius 1 is 1.04 bits per heavy atom. The van der Waals surface area contributed by atoms with Crippen molar-refractivity contribution in [2.45, 2.75) is 51.4 Å². The summed E-state index contributed by atoms with van der Waals surface area (Å²) in [6, 6.07) is 9.83. The number of carbonyl (C=O) groups excluding carboxylic acids is 2. The van der Waals surface area contributed by atoms with Gasteiger partial charge in [0.15, 0.2) is 0 Å². The number of thioether (sulfide) groups is 1. The molecule has 2 fully saturated rings. The van der Waals surface area contributed by atoms with Gasteiger partial charge in [0.1, 0.15) is 4.32 Å². The number of hydrogen-bond acceptors (Lipinski definition) is 4. The van der Waals surface area contributed by atoms with Gasteiger partial charge >= 0.3 is 0 Å². The van der Waals surface area contributed by atoms with Crippen molar-refractivity contribution >= 4 is 46.2 Å². The lowest BCUT2D eigenvalue weighted by Gasteiger charge is -2.20. The molecule has 0 N–H and O–H groups in total. The van der Waals surface area contributed by atoms with E-state index in [0.717, 1.165) is 50.8 Å². The van der Waals surface area contributed by atoms with E-state index in [1.54, 1.807) is 4.90 Å². The van der Waals surface area contributed by atoms with Crippen LogP contribution < -0.4 is 0 Å². The monoisotopic (exact) mass is 416 g/mol. The molecule has 150 valence electrons. The summed E-state index contributed by atoms with van der Waals surface area (Å²) in [7, 11) is 0. The smallest absolute Gasteiger partial charge is 0.266 e. The zero-order valence-corrected chi connectivity index (χ0v) is 17.9. The Hall–Kier alpha value is -1.66. The number of unbranched alkanes of at least 4 members (excludes halogenated alkanes) is 2. The molecule has 6 heteroatoms. The summed E-state index contributed by atoms with van der Waals surface area (Å²) in [6.45, 7) is 2.47. The lowest BCUT2D eigenvalue weighted by Crippen LogP contribution is -2.31. The fourth-order valence-corrected chi connectivity index (χ4v) is 4.90. The molecule has 2 aliphatic heterocycles. The van der Waals surface area contributed by atoms with Crippen LogP contribution in [-0.2, 0) is 9.59 Å². The first kappa shape index (κ1) is 21.1. The minimum atomic E-state index is -0.000466. The molecule has 0 bridgehead atoms. The van der Waals surface area contributed by atoms with E-state index in [1.807, 2.05) is 41.3 Å². The molecule has 28 heavy (non-hydrogen) atoms. The summed E-state index contributed by atoms with van der Waals surface area (Å²) in [4.78, 5) is 29.4. The van der Waals surface area contributed by atoms with Gasteiger partial charge < -0.3 is 4.90 Å². The lowest BCUT2D eigenvalue weighted by atomic mass is 10.1. The van der Waals surface area contributed by atoms with Gasteiger partial charge in [-0.1, -0.05) is 73.6 Å². The Bertz CT molecular complexity index is 725. The maximum Gasteiger partial charge on any atom is 0.266 e. The second kappa shape index (κ2) is 10.8. The second-order valence-electron chi connectivity index (χ2n) is 7.35. The first-order chi connectivity index (χ1) is 13.6. The number of nitrogens with zero attached hydrogens (tertiary/aromatic N) is 2. The summed E-state index contributed by atoms with van der Waals surface area (Å²) in [6.07, 6.45) is 9.97. The van der Waals surface area contributed by atoms with Gasteiger partial charge in [-0.15, -0.1) is 0 Å². The lowest BCUT2D eigenvalue weighted by molar-refractivity contribution is -0.131. The van der Waals surface area contributed by atoms with E-state index < -0.39 is 0 Å². The van der Waals surface area contributed by atoms with E-state index in [0.29, 0.717) is 28.1 Å². The molecule has 0 saturated carbocycles. The Labute approximate surface area is 177 Å². The highest BCUT2D eigenvalue weighted by Gasteiger charge is 2.31. The fraction of sp³-hybridized carbons (Fsp3) is 0.500. The Balaban J connectivity index is 1.40. The zero-order chi connectivity index (χ0) is 19.8. The van der Waals surface area contributed by atoms with E-state index in [4.69, 9.17) is 12.2 Å². The molecule has 0 atom stereocenters. The molecule has 0 spiro atoms. The van der Waals surface area contributed by atoms with Gasteiger partial charge in [0.05, 0.1) is 4.91 Å². The molecule has 0 aliphatic carbocycles. The average Bonchev–Trinajstić information content (AvgIpc) is 2.89. The molecule has 4 nitrogen and oxygen atoms in total. The Kier molecular flexibility index (Phi) is 8.10. The molecule has 0 unspecified atom stereocenters. The molecule has 1 aromatic rings. The van der Waals surface area contributed by atoms with E-state index in [1.165, 1.54) is 24.6 Å². The van der Waals surface area contributed by atoms with Crippen molar-refractivity contribution < 1.29 is 9.59 Å². The molecular weight excluding hydrogens is 388 g/mol. The normalized spacial score (nSPS) is 19.4. The molecule has 2 heterocycles. The van der Waals surface area contributed by atoms with Crippen LogP contribution in [0.3, 0.4) is 0 Å². The van der Waals surface area contributed by atoms with Crippen molar-refractivity contribution in [3.8, 4) is 0 Å². The number of carbonyl (C=O) groups is 2. The number of rotatable bonds is 7. The van der Waals surface area contributed by atoms with Gasteiger partial charge in [-0.05, 0) is 37.3 Å². The number of benzene rings is 1. The maximum atomic E-state index is 12.6. The zero-order valence-electron chi connectivity index (χ0n) is 16.3. The predicted octanol–water partition coefficient (Wildman–Crippen LogP) is 4.85. The van der Waals surface area contributed by atoms with Gasteiger partial charge in [-0.25, -0.2) is 0 Å². The summed E-state index contributed by atoms with van der Waals surface area (Å²) >= 11 is 6.77. The third-order valence-electron chi connectivity index (χ3n) is 5.20. The molecule has 1 aromatic carbocycles. The van der Waals surface area contributed by atoms with Gasteiger partial charge in [-0.3, -0.25) is 14.5 Å². The van der Waals surface area contributed by atoms with E-state index >= 15 is 0 Å². The number of hydrogen-bond donors (Lipinski definition) is 0. The van der Waals surface area contributed by atoms with Crippen LogP contribution in [-0.4, -0.2) is 45.6 Å². The van der Waals surface area contributed by atoms with Gasteiger partial charge in [0.25, 0.3) is 5.91 Å². The van der Waals surface area contributed by atoms with Crippen molar-refractivity contribution in [2.24, 2.45) is 0 Å².